The Balaban J connectivity index is 2.61. The van der Waals surface area contributed by atoms with E-state index in [0.717, 1.165) is 0 Å². The van der Waals surface area contributed by atoms with E-state index in [2.05, 4.69) is 15.5 Å². The number of nitriles is 1. The molecular weight excluding hydrogens is 200 g/mol. The Kier molecular flexibility index (Phi) is 3.76. The first-order valence-electron chi connectivity index (χ1n) is 4.27. The maximum absolute atomic E-state index is 11.0. The maximum atomic E-state index is 11.0. The summed E-state index contributed by atoms with van der Waals surface area (Å²) in [4.78, 5) is 14.8. The molecule has 0 aliphatic heterocycles. The van der Waals surface area contributed by atoms with Gasteiger partial charge in [0.25, 0.3) is 11.7 Å². The molecule has 2 N–H and O–H groups in total. The second-order valence-corrected chi connectivity index (χ2v) is 2.81. The van der Waals surface area contributed by atoms with Gasteiger partial charge in [-0.05, 0) is 0 Å². The van der Waals surface area contributed by atoms with Gasteiger partial charge in [0.15, 0.2) is 0 Å². The van der Waals surface area contributed by atoms with Gasteiger partial charge in [-0.1, -0.05) is 5.16 Å². The van der Waals surface area contributed by atoms with E-state index in [-0.39, 0.29) is 24.6 Å². The molecule has 1 aromatic heterocycles. The number of aliphatic hydroxyl groups is 1. The summed E-state index contributed by atoms with van der Waals surface area (Å²) in [5.74, 6) is -0.409. The highest BCUT2D eigenvalue weighted by molar-refractivity contribution is 5.89. The van der Waals surface area contributed by atoms with Gasteiger partial charge in [-0.2, -0.15) is 10.2 Å². The van der Waals surface area contributed by atoms with Crippen LogP contribution in [-0.2, 0) is 6.42 Å². The summed E-state index contributed by atoms with van der Waals surface area (Å²) in [7, 11) is 1.45. The maximum Gasteiger partial charge on any atom is 0.292 e. The Morgan fingerprint density at radius 3 is 3.13 bits per heavy atom. The number of aromatic nitrogens is 2. The van der Waals surface area contributed by atoms with E-state index in [0.29, 0.717) is 0 Å². The normalized spacial score (nSPS) is 11.8. The van der Waals surface area contributed by atoms with Crippen LogP contribution in [0.3, 0.4) is 0 Å². The zero-order valence-corrected chi connectivity index (χ0v) is 8.10. The fourth-order valence-electron chi connectivity index (χ4n) is 0.921. The lowest BCUT2D eigenvalue weighted by Crippen LogP contribution is -2.19. The molecule has 1 amide bonds. The molecule has 1 aromatic rings. The molecule has 7 nitrogen and oxygen atoms in total. The SMILES string of the molecule is CNC(=O)c1noc(CC(O)CC#N)n1. The number of carbonyl (C=O) groups is 1. The Hall–Kier alpha value is -1.94. The fraction of sp³-hybridized carbons (Fsp3) is 0.500. The van der Waals surface area contributed by atoms with Crippen molar-refractivity contribution in [3.05, 3.63) is 11.7 Å². The molecule has 0 bridgehead atoms. The molecule has 0 saturated heterocycles. The second-order valence-electron chi connectivity index (χ2n) is 2.81. The summed E-state index contributed by atoms with van der Waals surface area (Å²) in [5, 5.41) is 23.3. The number of aliphatic hydroxyl groups excluding tert-OH is 1. The number of nitrogens with one attached hydrogen (secondary N) is 1. The highest BCUT2D eigenvalue weighted by Gasteiger charge is 2.15. The van der Waals surface area contributed by atoms with E-state index in [9.17, 15) is 9.90 Å². The molecule has 1 rings (SSSR count). The molecule has 0 radical (unpaired) electrons. The van der Waals surface area contributed by atoms with Crippen LogP contribution in [0, 0.1) is 11.3 Å². The molecular formula is C8H10N4O3. The molecule has 0 aromatic carbocycles. The molecule has 1 atom stereocenters. The molecule has 80 valence electrons. The fourth-order valence-corrected chi connectivity index (χ4v) is 0.921. The van der Waals surface area contributed by atoms with Gasteiger partial charge in [0, 0.05) is 7.05 Å². The zero-order valence-electron chi connectivity index (χ0n) is 8.10. The van der Waals surface area contributed by atoms with Gasteiger partial charge in [-0.3, -0.25) is 4.79 Å². The van der Waals surface area contributed by atoms with Crippen LogP contribution < -0.4 is 5.32 Å². The molecule has 15 heavy (non-hydrogen) atoms. The summed E-state index contributed by atoms with van der Waals surface area (Å²) in [6, 6.07) is 1.81. The van der Waals surface area contributed by atoms with Crippen LogP contribution in [-0.4, -0.2) is 34.3 Å². The average molecular weight is 210 g/mol. The number of nitrogens with zero attached hydrogens (tertiary/aromatic N) is 3. The summed E-state index contributed by atoms with van der Waals surface area (Å²) < 4.78 is 4.71. The Morgan fingerprint density at radius 2 is 2.53 bits per heavy atom. The van der Waals surface area contributed by atoms with E-state index in [1.165, 1.54) is 7.05 Å². The van der Waals surface area contributed by atoms with Crippen molar-refractivity contribution in [1.29, 1.82) is 5.26 Å². The summed E-state index contributed by atoms with van der Waals surface area (Å²) in [5.41, 5.74) is 0. The number of rotatable bonds is 4. The van der Waals surface area contributed by atoms with Crippen molar-refractivity contribution in [3.8, 4) is 6.07 Å². The summed E-state index contributed by atoms with van der Waals surface area (Å²) >= 11 is 0. The number of carbonyl (C=O) groups excluding carboxylic acids is 1. The molecule has 0 saturated carbocycles. The quantitative estimate of drug-likeness (QED) is 0.675. The van der Waals surface area contributed by atoms with Crippen molar-refractivity contribution in [2.75, 3.05) is 7.05 Å². The van der Waals surface area contributed by atoms with Gasteiger partial charge in [0.2, 0.25) is 5.89 Å². The predicted octanol–water partition coefficient (Wildman–Crippen LogP) is -0.754. The van der Waals surface area contributed by atoms with Gasteiger partial charge < -0.3 is 14.9 Å². The number of amides is 1. The first-order valence-corrected chi connectivity index (χ1v) is 4.27. The number of hydrogen-bond acceptors (Lipinski definition) is 6. The highest BCUT2D eigenvalue weighted by Crippen LogP contribution is 2.03. The van der Waals surface area contributed by atoms with Crippen LogP contribution in [0.2, 0.25) is 0 Å². The average Bonchev–Trinajstić information content (AvgIpc) is 2.65. The van der Waals surface area contributed by atoms with Crippen molar-refractivity contribution in [2.24, 2.45) is 0 Å². The topological polar surface area (TPSA) is 112 Å². The van der Waals surface area contributed by atoms with Crippen LogP contribution in [0.4, 0.5) is 0 Å². The third-order valence-electron chi connectivity index (χ3n) is 1.64. The van der Waals surface area contributed by atoms with Crippen molar-refractivity contribution in [2.45, 2.75) is 18.9 Å². The minimum atomic E-state index is -0.854. The molecule has 1 unspecified atom stereocenters. The zero-order chi connectivity index (χ0) is 11.3. The second kappa shape index (κ2) is 5.07. The number of hydrogen-bond donors (Lipinski definition) is 2. The van der Waals surface area contributed by atoms with Crippen LogP contribution in [0.25, 0.3) is 0 Å². The van der Waals surface area contributed by atoms with E-state index in [1.807, 2.05) is 6.07 Å². The molecule has 0 aliphatic carbocycles. The first kappa shape index (κ1) is 11.1. The summed E-state index contributed by atoms with van der Waals surface area (Å²) in [6.45, 7) is 0. The van der Waals surface area contributed by atoms with Crippen LogP contribution >= 0.6 is 0 Å². The predicted molar refractivity (Wildman–Crippen MR) is 47.6 cm³/mol. The van der Waals surface area contributed by atoms with Crippen LogP contribution in [0.5, 0.6) is 0 Å². The van der Waals surface area contributed by atoms with Crippen LogP contribution in [0.1, 0.15) is 22.9 Å². The van der Waals surface area contributed by atoms with Gasteiger partial charge in [0.05, 0.1) is 25.0 Å². The van der Waals surface area contributed by atoms with Crippen LogP contribution in [0.15, 0.2) is 4.52 Å². The van der Waals surface area contributed by atoms with Crippen molar-refractivity contribution in [1.82, 2.24) is 15.5 Å². The molecule has 7 heteroatoms. The van der Waals surface area contributed by atoms with E-state index < -0.39 is 12.0 Å². The Bertz CT molecular complexity index is 381. The Labute approximate surface area is 85.7 Å². The van der Waals surface area contributed by atoms with Crippen molar-refractivity contribution >= 4 is 5.91 Å². The monoisotopic (exact) mass is 210 g/mol. The lowest BCUT2D eigenvalue weighted by atomic mass is 10.2. The smallest absolute Gasteiger partial charge is 0.292 e. The molecule has 0 aliphatic rings. The van der Waals surface area contributed by atoms with Gasteiger partial charge in [0.1, 0.15) is 0 Å². The van der Waals surface area contributed by atoms with E-state index >= 15 is 0 Å². The molecule has 0 spiro atoms. The molecule has 0 fully saturated rings. The lowest BCUT2D eigenvalue weighted by molar-refractivity contribution is 0.0950. The van der Waals surface area contributed by atoms with E-state index in [1.54, 1.807) is 0 Å². The minimum absolute atomic E-state index is 0.0162. The van der Waals surface area contributed by atoms with E-state index in [4.69, 9.17) is 9.78 Å². The highest BCUT2D eigenvalue weighted by atomic mass is 16.5. The van der Waals surface area contributed by atoms with Crippen molar-refractivity contribution in [3.63, 3.8) is 0 Å². The summed E-state index contributed by atoms with van der Waals surface area (Å²) in [6.07, 6.45) is -0.803. The third kappa shape index (κ3) is 3.03. The Morgan fingerprint density at radius 1 is 1.80 bits per heavy atom. The van der Waals surface area contributed by atoms with Gasteiger partial charge in [-0.15, -0.1) is 0 Å². The van der Waals surface area contributed by atoms with Gasteiger partial charge in [-0.25, -0.2) is 0 Å². The minimum Gasteiger partial charge on any atom is -0.392 e. The van der Waals surface area contributed by atoms with Gasteiger partial charge >= 0.3 is 0 Å². The standard InChI is InChI=1S/C8H10N4O3/c1-10-8(14)7-11-6(15-12-7)4-5(13)2-3-9/h5,13H,2,4H2,1H3,(H,10,14). The third-order valence-corrected chi connectivity index (χ3v) is 1.64. The first-order chi connectivity index (χ1) is 7.17. The van der Waals surface area contributed by atoms with Crippen molar-refractivity contribution < 1.29 is 14.4 Å². The lowest BCUT2D eigenvalue weighted by Gasteiger charge is -1.99. The largest absolute Gasteiger partial charge is 0.392 e. The molecule has 1 heterocycles.